The Morgan fingerprint density at radius 3 is 2.78 bits per heavy atom. The highest BCUT2D eigenvalue weighted by Gasteiger charge is 2.09. The smallest absolute Gasteiger partial charge is 0.259 e. The predicted octanol–water partition coefficient (Wildman–Crippen LogP) is 3.29. The Bertz CT molecular complexity index is 841. The van der Waals surface area contributed by atoms with Crippen molar-refractivity contribution >= 4 is 33.0 Å². The molecule has 4 nitrogen and oxygen atoms in total. The van der Waals surface area contributed by atoms with E-state index in [-0.39, 0.29) is 18.7 Å². The highest BCUT2D eigenvalue weighted by molar-refractivity contribution is 7.17. The summed E-state index contributed by atoms with van der Waals surface area (Å²) in [5.74, 6) is 0. The van der Waals surface area contributed by atoms with Crippen LogP contribution in [0, 0.1) is 0 Å². The molecule has 1 aromatic carbocycles. The summed E-state index contributed by atoms with van der Waals surface area (Å²) in [7, 11) is 0. The summed E-state index contributed by atoms with van der Waals surface area (Å²) in [6.07, 6.45) is 0.972. The Labute approximate surface area is 142 Å². The Hall–Kier alpha value is -1.66. The zero-order valence-electron chi connectivity index (χ0n) is 12.3. The maximum absolute atomic E-state index is 12.3. The summed E-state index contributed by atoms with van der Waals surface area (Å²) in [5, 5.41) is 13.3. The van der Waals surface area contributed by atoms with Gasteiger partial charge < -0.3 is 14.4 Å². The minimum Gasteiger partial charge on any atom is -0.389 e. The van der Waals surface area contributed by atoms with Gasteiger partial charge in [-0.15, -0.1) is 11.3 Å². The van der Waals surface area contributed by atoms with Crippen molar-refractivity contribution in [2.75, 3.05) is 6.61 Å². The van der Waals surface area contributed by atoms with Crippen molar-refractivity contribution in [2.24, 2.45) is 0 Å². The first-order valence-corrected chi connectivity index (χ1v) is 8.46. The molecule has 0 radical (unpaired) electrons. The van der Waals surface area contributed by atoms with Gasteiger partial charge >= 0.3 is 0 Å². The molecule has 0 aliphatic heterocycles. The molecule has 2 heterocycles. The molecule has 2 aromatic heterocycles. The largest absolute Gasteiger partial charge is 0.389 e. The number of aromatic nitrogens is 1. The first kappa shape index (κ1) is 16.2. The van der Waals surface area contributed by atoms with Crippen LogP contribution in [0.5, 0.6) is 0 Å². The van der Waals surface area contributed by atoms with Crippen LogP contribution in [0.4, 0.5) is 0 Å². The van der Waals surface area contributed by atoms with Gasteiger partial charge in [-0.3, -0.25) is 4.79 Å². The van der Waals surface area contributed by atoms with E-state index >= 15 is 0 Å². The van der Waals surface area contributed by atoms with E-state index in [4.69, 9.17) is 16.3 Å². The molecule has 120 valence electrons. The fourth-order valence-electron chi connectivity index (χ4n) is 2.32. The second-order valence-corrected chi connectivity index (χ2v) is 6.65. The van der Waals surface area contributed by atoms with E-state index in [1.54, 1.807) is 18.3 Å². The maximum atomic E-state index is 12.3. The van der Waals surface area contributed by atoms with Crippen LogP contribution in [-0.4, -0.2) is 22.4 Å². The second kappa shape index (κ2) is 7.27. The average Bonchev–Trinajstić information content (AvgIpc) is 3.01. The van der Waals surface area contributed by atoms with Gasteiger partial charge in [0.2, 0.25) is 0 Å². The Kier molecular flexibility index (Phi) is 5.13. The molecule has 0 spiro atoms. The highest BCUT2D eigenvalue weighted by atomic mass is 35.5. The molecule has 0 aliphatic rings. The van der Waals surface area contributed by atoms with Crippen molar-refractivity contribution < 1.29 is 9.84 Å². The lowest BCUT2D eigenvalue weighted by Gasteiger charge is -2.13. The fourth-order valence-corrected chi connectivity index (χ4v) is 3.22. The SMILES string of the molecule is O=c1c2ccsc2ccn1CC(O)COCc1ccc(Cl)cc1. The zero-order chi connectivity index (χ0) is 16.2. The van der Waals surface area contributed by atoms with Crippen LogP contribution in [-0.2, 0) is 17.9 Å². The van der Waals surface area contributed by atoms with Crippen molar-refractivity contribution in [2.45, 2.75) is 19.3 Å². The quantitative estimate of drug-likeness (QED) is 0.743. The summed E-state index contributed by atoms with van der Waals surface area (Å²) >= 11 is 7.35. The van der Waals surface area contributed by atoms with Crippen molar-refractivity contribution in [1.82, 2.24) is 4.57 Å². The van der Waals surface area contributed by atoms with E-state index in [9.17, 15) is 9.90 Å². The molecule has 0 fully saturated rings. The summed E-state index contributed by atoms with van der Waals surface area (Å²) in [6, 6.07) is 11.1. The third-order valence-electron chi connectivity index (χ3n) is 3.49. The number of rotatable bonds is 6. The molecular weight excluding hydrogens is 334 g/mol. The minimum atomic E-state index is -0.740. The molecule has 0 aliphatic carbocycles. The predicted molar refractivity (Wildman–Crippen MR) is 93.2 cm³/mol. The summed E-state index contributed by atoms with van der Waals surface area (Å²) < 4.78 is 7.98. The number of pyridine rings is 1. The molecule has 0 saturated carbocycles. The van der Waals surface area contributed by atoms with Crippen LogP contribution in [0.1, 0.15) is 5.56 Å². The molecule has 23 heavy (non-hydrogen) atoms. The average molecular weight is 350 g/mol. The van der Waals surface area contributed by atoms with E-state index in [1.807, 2.05) is 29.6 Å². The maximum Gasteiger partial charge on any atom is 0.259 e. The van der Waals surface area contributed by atoms with Crippen molar-refractivity contribution in [3.63, 3.8) is 0 Å². The number of hydrogen-bond donors (Lipinski definition) is 1. The minimum absolute atomic E-state index is 0.0829. The normalized spacial score (nSPS) is 12.6. The summed E-state index contributed by atoms with van der Waals surface area (Å²) in [6.45, 7) is 0.772. The monoisotopic (exact) mass is 349 g/mol. The fraction of sp³-hybridized carbons (Fsp3) is 0.235. The topological polar surface area (TPSA) is 51.5 Å². The number of fused-ring (bicyclic) bond motifs is 1. The van der Waals surface area contributed by atoms with E-state index in [0.29, 0.717) is 17.0 Å². The van der Waals surface area contributed by atoms with Gasteiger partial charge in [-0.2, -0.15) is 0 Å². The summed E-state index contributed by atoms with van der Waals surface area (Å²) in [4.78, 5) is 12.3. The number of ether oxygens (including phenoxy) is 1. The van der Waals surface area contributed by atoms with Crippen LogP contribution >= 0.6 is 22.9 Å². The van der Waals surface area contributed by atoms with E-state index in [0.717, 1.165) is 10.3 Å². The van der Waals surface area contributed by atoms with Crippen molar-refractivity contribution in [3.05, 3.63) is 68.9 Å². The van der Waals surface area contributed by atoms with Gasteiger partial charge in [-0.1, -0.05) is 23.7 Å². The van der Waals surface area contributed by atoms with Gasteiger partial charge in [0.05, 0.1) is 31.2 Å². The number of halogens is 1. The van der Waals surface area contributed by atoms with Crippen LogP contribution in [0.2, 0.25) is 5.02 Å². The Morgan fingerprint density at radius 1 is 1.22 bits per heavy atom. The Balaban J connectivity index is 1.56. The number of thiophene rings is 1. The highest BCUT2D eigenvalue weighted by Crippen LogP contribution is 2.16. The lowest BCUT2D eigenvalue weighted by atomic mass is 10.2. The van der Waals surface area contributed by atoms with Gasteiger partial charge in [0, 0.05) is 15.9 Å². The van der Waals surface area contributed by atoms with Gasteiger partial charge in [0.25, 0.3) is 5.56 Å². The zero-order valence-corrected chi connectivity index (χ0v) is 13.9. The van der Waals surface area contributed by atoms with Crippen LogP contribution in [0.25, 0.3) is 10.1 Å². The number of aliphatic hydroxyl groups is 1. The third-order valence-corrected chi connectivity index (χ3v) is 4.63. The lowest BCUT2D eigenvalue weighted by molar-refractivity contribution is 0.0200. The van der Waals surface area contributed by atoms with E-state index in [1.165, 1.54) is 15.9 Å². The first-order chi connectivity index (χ1) is 11.1. The molecule has 0 saturated heterocycles. The molecular formula is C17H16ClNO3S. The van der Waals surface area contributed by atoms with E-state index in [2.05, 4.69) is 0 Å². The lowest BCUT2D eigenvalue weighted by Crippen LogP contribution is -2.28. The number of benzene rings is 1. The van der Waals surface area contributed by atoms with E-state index < -0.39 is 6.10 Å². The number of hydrogen-bond acceptors (Lipinski definition) is 4. The molecule has 3 aromatic rings. The third kappa shape index (κ3) is 4.00. The van der Waals surface area contributed by atoms with Crippen LogP contribution in [0.3, 0.4) is 0 Å². The van der Waals surface area contributed by atoms with Gasteiger partial charge in [0.15, 0.2) is 0 Å². The number of aliphatic hydroxyl groups excluding tert-OH is 1. The molecule has 6 heteroatoms. The Morgan fingerprint density at radius 2 is 2.00 bits per heavy atom. The number of nitrogens with zero attached hydrogens (tertiary/aromatic N) is 1. The molecule has 1 unspecified atom stereocenters. The second-order valence-electron chi connectivity index (χ2n) is 5.27. The molecule has 1 N–H and O–H groups in total. The van der Waals surface area contributed by atoms with Crippen LogP contribution < -0.4 is 5.56 Å². The molecule has 0 bridgehead atoms. The van der Waals surface area contributed by atoms with Crippen molar-refractivity contribution in [1.29, 1.82) is 0 Å². The van der Waals surface area contributed by atoms with Crippen molar-refractivity contribution in [3.8, 4) is 0 Å². The standard InChI is InChI=1S/C17H16ClNO3S/c18-13-3-1-12(2-4-13)10-22-11-14(20)9-19-7-5-16-15(17(19)21)6-8-23-16/h1-8,14,20H,9-11H2. The van der Waals surface area contributed by atoms with Gasteiger partial charge in [0.1, 0.15) is 0 Å². The molecule has 1 atom stereocenters. The van der Waals surface area contributed by atoms with Gasteiger partial charge in [-0.25, -0.2) is 0 Å². The van der Waals surface area contributed by atoms with Gasteiger partial charge in [-0.05, 0) is 35.2 Å². The molecule has 3 rings (SSSR count). The first-order valence-electron chi connectivity index (χ1n) is 7.20. The summed E-state index contributed by atoms with van der Waals surface area (Å²) in [5.41, 5.74) is 0.902. The van der Waals surface area contributed by atoms with Crippen LogP contribution in [0.15, 0.2) is 52.8 Å². The molecule has 0 amide bonds.